The van der Waals surface area contributed by atoms with Crippen molar-refractivity contribution in [3.8, 4) is 0 Å². The molecule has 2 rings (SSSR count). The van der Waals surface area contributed by atoms with Gasteiger partial charge in [-0.2, -0.15) is 0 Å². The molecule has 0 spiro atoms. The lowest BCUT2D eigenvalue weighted by molar-refractivity contribution is -0.116. The minimum Gasteiger partial charge on any atom is -0.465 e. The zero-order chi connectivity index (χ0) is 15.9. The van der Waals surface area contributed by atoms with Crippen LogP contribution in [0.15, 0.2) is 0 Å². The number of thiazole rings is 1. The summed E-state index contributed by atoms with van der Waals surface area (Å²) in [7, 11) is 1.34. The maximum Gasteiger partial charge on any atom is 0.350 e. The van der Waals surface area contributed by atoms with Crippen LogP contribution in [0, 0.1) is 12.8 Å². The molecule has 0 radical (unpaired) electrons. The van der Waals surface area contributed by atoms with E-state index in [-0.39, 0.29) is 5.91 Å². The summed E-state index contributed by atoms with van der Waals surface area (Å²) in [6.07, 6.45) is 9.25. The van der Waals surface area contributed by atoms with Crippen LogP contribution in [0.2, 0.25) is 0 Å². The van der Waals surface area contributed by atoms with Gasteiger partial charge >= 0.3 is 5.97 Å². The first-order chi connectivity index (χ1) is 10.6. The molecule has 0 aromatic carbocycles. The first kappa shape index (κ1) is 16.9. The zero-order valence-corrected chi connectivity index (χ0v) is 14.1. The van der Waals surface area contributed by atoms with E-state index < -0.39 is 5.97 Å². The van der Waals surface area contributed by atoms with Gasteiger partial charge in [0.15, 0.2) is 5.13 Å². The SMILES string of the molecule is COC(=O)c1sc(NC(=O)CCCC2CCCCC2)nc1C. The summed E-state index contributed by atoms with van der Waals surface area (Å²) in [6.45, 7) is 1.74. The van der Waals surface area contributed by atoms with Crippen LogP contribution in [0.4, 0.5) is 5.13 Å². The third kappa shape index (κ3) is 4.80. The highest BCUT2D eigenvalue weighted by molar-refractivity contribution is 7.17. The van der Waals surface area contributed by atoms with E-state index in [9.17, 15) is 9.59 Å². The van der Waals surface area contributed by atoms with Crippen LogP contribution in [-0.2, 0) is 9.53 Å². The highest BCUT2D eigenvalue weighted by atomic mass is 32.1. The number of amides is 1. The lowest BCUT2D eigenvalue weighted by Gasteiger charge is -2.20. The molecule has 0 atom stereocenters. The number of aryl methyl sites for hydroxylation is 1. The zero-order valence-electron chi connectivity index (χ0n) is 13.3. The number of nitrogens with zero attached hydrogens (tertiary/aromatic N) is 1. The molecule has 1 heterocycles. The van der Waals surface area contributed by atoms with Gasteiger partial charge in [0.2, 0.25) is 5.91 Å². The number of carbonyl (C=O) groups is 2. The Bertz CT molecular complexity index is 521. The molecular weight excluding hydrogens is 300 g/mol. The van der Waals surface area contributed by atoms with Gasteiger partial charge in [-0.3, -0.25) is 4.79 Å². The van der Waals surface area contributed by atoms with Crippen LogP contribution in [0.1, 0.15) is 66.7 Å². The van der Waals surface area contributed by atoms with Crippen LogP contribution in [0.25, 0.3) is 0 Å². The molecule has 1 fully saturated rings. The molecule has 1 aliphatic carbocycles. The quantitative estimate of drug-likeness (QED) is 0.805. The van der Waals surface area contributed by atoms with Gasteiger partial charge in [0, 0.05) is 6.42 Å². The fourth-order valence-electron chi connectivity index (χ4n) is 2.94. The van der Waals surface area contributed by atoms with Gasteiger partial charge < -0.3 is 10.1 Å². The number of rotatable bonds is 6. The first-order valence-electron chi connectivity index (χ1n) is 7.95. The largest absolute Gasteiger partial charge is 0.465 e. The van der Waals surface area contributed by atoms with Crippen molar-refractivity contribution in [2.75, 3.05) is 12.4 Å². The average molecular weight is 324 g/mol. The molecule has 0 bridgehead atoms. The normalized spacial score (nSPS) is 15.5. The van der Waals surface area contributed by atoms with Crippen molar-refractivity contribution in [1.82, 2.24) is 4.98 Å². The molecule has 122 valence electrons. The number of hydrogen-bond donors (Lipinski definition) is 1. The predicted octanol–water partition coefficient (Wildman–Crippen LogP) is 3.93. The summed E-state index contributed by atoms with van der Waals surface area (Å²) >= 11 is 1.16. The first-order valence-corrected chi connectivity index (χ1v) is 8.77. The van der Waals surface area contributed by atoms with Crippen molar-refractivity contribution in [3.63, 3.8) is 0 Å². The minimum absolute atomic E-state index is 0.0269. The second-order valence-electron chi connectivity index (χ2n) is 5.87. The fraction of sp³-hybridized carbons (Fsp3) is 0.688. The molecule has 6 heteroatoms. The third-order valence-electron chi connectivity index (χ3n) is 4.15. The number of nitrogens with one attached hydrogen (secondary N) is 1. The highest BCUT2D eigenvalue weighted by Gasteiger charge is 2.17. The number of methoxy groups -OCH3 is 1. The number of esters is 1. The topological polar surface area (TPSA) is 68.3 Å². The summed E-state index contributed by atoms with van der Waals surface area (Å²) in [5, 5.41) is 3.25. The van der Waals surface area contributed by atoms with Gasteiger partial charge in [-0.05, 0) is 25.7 Å². The number of ether oxygens (including phenoxy) is 1. The second kappa shape index (κ2) is 8.27. The van der Waals surface area contributed by atoms with E-state index in [0.717, 1.165) is 30.1 Å². The Morgan fingerprint density at radius 1 is 1.32 bits per heavy atom. The molecule has 22 heavy (non-hydrogen) atoms. The Labute approximate surface area is 135 Å². The van der Waals surface area contributed by atoms with Crippen LogP contribution in [0.5, 0.6) is 0 Å². The molecule has 5 nitrogen and oxygen atoms in total. The maximum absolute atomic E-state index is 12.0. The Kier molecular flexibility index (Phi) is 6.36. The van der Waals surface area contributed by atoms with E-state index in [4.69, 9.17) is 0 Å². The van der Waals surface area contributed by atoms with E-state index in [1.54, 1.807) is 6.92 Å². The van der Waals surface area contributed by atoms with E-state index in [0.29, 0.717) is 22.1 Å². The summed E-state index contributed by atoms with van der Waals surface area (Å²) in [6, 6.07) is 0. The lowest BCUT2D eigenvalue weighted by Crippen LogP contribution is -2.12. The number of carbonyl (C=O) groups excluding carboxylic acids is 2. The molecule has 1 aromatic heterocycles. The number of hydrogen-bond acceptors (Lipinski definition) is 5. The minimum atomic E-state index is -0.409. The van der Waals surface area contributed by atoms with Crippen molar-refractivity contribution < 1.29 is 14.3 Å². The Balaban J connectivity index is 1.75. The van der Waals surface area contributed by atoms with E-state index in [2.05, 4.69) is 15.0 Å². The smallest absolute Gasteiger partial charge is 0.350 e. The number of aromatic nitrogens is 1. The van der Waals surface area contributed by atoms with Crippen LogP contribution < -0.4 is 5.32 Å². The molecule has 0 aliphatic heterocycles. The Morgan fingerprint density at radius 3 is 2.73 bits per heavy atom. The molecule has 1 N–H and O–H groups in total. The molecule has 0 saturated heterocycles. The average Bonchev–Trinajstić information content (AvgIpc) is 2.88. The second-order valence-corrected chi connectivity index (χ2v) is 6.87. The fourth-order valence-corrected chi connectivity index (χ4v) is 3.84. The molecule has 0 unspecified atom stereocenters. The molecule has 1 aromatic rings. The van der Waals surface area contributed by atoms with Gasteiger partial charge in [-0.25, -0.2) is 9.78 Å². The van der Waals surface area contributed by atoms with Crippen molar-refractivity contribution in [2.24, 2.45) is 5.92 Å². The van der Waals surface area contributed by atoms with E-state index >= 15 is 0 Å². The molecule has 1 saturated carbocycles. The van der Waals surface area contributed by atoms with Crippen LogP contribution in [0.3, 0.4) is 0 Å². The van der Waals surface area contributed by atoms with Crippen molar-refractivity contribution in [3.05, 3.63) is 10.6 Å². The summed E-state index contributed by atoms with van der Waals surface area (Å²) < 4.78 is 4.69. The van der Waals surface area contributed by atoms with Crippen LogP contribution in [-0.4, -0.2) is 24.0 Å². The number of anilines is 1. The van der Waals surface area contributed by atoms with Gasteiger partial charge in [-0.15, -0.1) is 0 Å². The molecular formula is C16H24N2O3S. The van der Waals surface area contributed by atoms with E-state index in [1.807, 2.05) is 0 Å². The predicted molar refractivity (Wildman–Crippen MR) is 87.2 cm³/mol. The standard InChI is InChI=1S/C16H24N2O3S/c1-11-14(15(20)21-2)22-16(17-11)18-13(19)10-6-9-12-7-4-3-5-8-12/h12H,3-10H2,1-2H3,(H,17,18,19). The summed E-state index contributed by atoms with van der Waals surface area (Å²) in [5.74, 6) is 0.364. The van der Waals surface area contributed by atoms with Crippen molar-refractivity contribution in [2.45, 2.75) is 58.3 Å². The maximum atomic E-state index is 12.0. The molecule has 1 amide bonds. The third-order valence-corrected chi connectivity index (χ3v) is 5.21. The van der Waals surface area contributed by atoms with Gasteiger partial charge in [0.25, 0.3) is 0 Å². The molecule has 1 aliphatic rings. The highest BCUT2D eigenvalue weighted by Crippen LogP contribution is 2.28. The lowest BCUT2D eigenvalue weighted by atomic mass is 9.86. The van der Waals surface area contributed by atoms with Gasteiger partial charge in [-0.1, -0.05) is 43.4 Å². The van der Waals surface area contributed by atoms with E-state index in [1.165, 1.54) is 39.2 Å². The van der Waals surface area contributed by atoms with Gasteiger partial charge in [0.05, 0.1) is 12.8 Å². The Morgan fingerprint density at radius 2 is 2.05 bits per heavy atom. The van der Waals surface area contributed by atoms with Crippen LogP contribution >= 0.6 is 11.3 Å². The summed E-state index contributed by atoms with van der Waals surface area (Å²) in [4.78, 5) is 28.1. The summed E-state index contributed by atoms with van der Waals surface area (Å²) in [5.41, 5.74) is 0.592. The monoisotopic (exact) mass is 324 g/mol. The van der Waals surface area contributed by atoms with Gasteiger partial charge in [0.1, 0.15) is 4.88 Å². The van der Waals surface area contributed by atoms with Crippen molar-refractivity contribution in [1.29, 1.82) is 0 Å². The Hall–Kier alpha value is -1.43. The van der Waals surface area contributed by atoms with Crippen molar-refractivity contribution >= 4 is 28.3 Å².